The molecule has 0 unspecified atom stereocenters. The van der Waals surface area contributed by atoms with Gasteiger partial charge < -0.3 is 19.7 Å². The number of ether oxygens (including phenoxy) is 2. The van der Waals surface area contributed by atoms with Crippen molar-refractivity contribution in [2.75, 3.05) is 13.7 Å². The number of methoxy groups -OCH3 is 1. The molecule has 0 heterocycles. The topological polar surface area (TPSA) is 67.9 Å². The molecule has 0 spiro atoms. The van der Waals surface area contributed by atoms with E-state index in [9.17, 15) is 9.59 Å². The lowest BCUT2D eigenvalue weighted by Crippen LogP contribution is -2.52. The van der Waals surface area contributed by atoms with Gasteiger partial charge in [-0.2, -0.15) is 0 Å². The summed E-state index contributed by atoms with van der Waals surface area (Å²) in [4.78, 5) is 27.6. The molecule has 6 nitrogen and oxygen atoms in total. The maximum atomic E-state index is 13.1. The monoisotopic (exact) mass is 440 g/mol. The average Bonchev–Trinajstić information content (AvgIpc) is 2.74. The van der Waals surface area contributed by atoms with Crippen LogP contribution in [0.25, 0.3) is 0 Å². The van der Waals surface area contributed by atoms with E-state index >= 15 is 0 Å². The number of carbonyl (C=O) groups excluding carboxylic acids is 2. The largest absolute Gasteiger partial charge is 0.497 e. The number of aryl methyl sites for hydroxylation is 1. The number of nitrogens with one attached hydrogen (secondary N) is 1. The van der Waals surface area contributed by atoms with Crippen LogP contribution in [0.5, 0.6) is 11.5 Å². The lowest BCUT2D eigenvalue weighted by atomic mass is 10.1. The van der Waals surface area contributed by atoms with Gasteiger partial charge in [-0.05, 0) is 76.4 Å². The van der Waals surface area contributed by atoms with Crippen molar-refractivity contribution in [2.24, 2.45) is 0 Å². The molecule has 0 bridgehead atoms. The van der Waals surface area contributed by atoms with Crippen LogP contribution in [-0.4, -0.2) is 42.0 Å². The van der Waals surface area contributed by atoms with Gasteiger partial charge in [-0.1, -0.05) is 24.3 Å². The fourth-order valence-electron chi connectivity index (χ4n) is 3.26. The van der Waals surface area contributed by atoms with Crippen molar-refractivity contribution in [3.8, 4) is 11.5 Å². The molecule has 0 fully saturated rings. The van der Waals surface area contributed by atoms with Gasteiger partial charge in [0.15, 0.2) is 0 Å². The highest BCUT2D eigenvalue weighted by Crippen LogP contribution is 2.18. The van der Waals surface area contributed by atoms with Crippen LogP contribution in [0.3, 0.4) is 0 Å². The molecule has 1 atom stereocenters. The maximum absolute atomic E-state index is 13.1. The highest BCUT2D eigenvalue weighted by Gasteiger charge is 2.28. The Bertz CT molecular complexity index is 887. The van der Waals surface area contributed by atoms with Gasteiger partial charge in [0.25, 0.3) is 0 Å². The summed E-state index contributed by atoms with van der Waals surface area (Å²) >= 11 is 0. The van der Waals surface area contributed by atoms with Gasteiger partial charge in [-0.3, -0.25) is 9.59 Å². The zero-order chi connectivity index (χ0) is 23.7. The van der Waals surface area contributed by atoms with Crippen molar-refractivity contribution < 1.29 is 19.1 Å². The van der Waals surface area contributed by atoms with Crippen molar-refractivity contribution in [3.05, 3.63) is 59.7 Å². The second kappa shape index (κ2) is 11.6. The van der Waals surface area contributed by atoms with E-state index in [-0.39, 0.29) is 17.4 Å². The van der Waals surface area contributed by atoms with E-state index in [1.165, 1.54) is 0 Å². The van der Waals surface area contributed by atoms with E-state index < -0.39 is 6.04 Å². The standard InChI is InChI=1S/C26H36N2O4/c1-19-10-7-8-11-21(19)18-28(20(2)25(30)27-26(3,4)5)24(29)12-9-17-32-23-15-13-22(31-6)14-16-23/h7-8,10-11,13-16,20H,9,12,17-18H2,1-6H3,(H,27,30)/t20-/m0/s1. The molecule has 6 heteroatoms. The first kappa shape index (κ1) is 25.2. The predicted octanol–water partition coefficient (Wildman–Crippen LogP) is 4.49. The van der Waals surface area contributed by atoms with Gasteiger partial charge in [0, 0.05) is 18.5 Å². The molecule has 0 aliphatic rings. The van der Waals surface area contributed by atoms with Gasteiger partial charge in [-0.25, -0.2) is 0 Å². The summed E-state index contributed by atoms with van der Waals surface area (Å²) in [6.07, 6.45) is 0.859. The van der Waals surface area contributed by atoms with Crippen molar-refractivity contribution in [1.82, 2.24) is 10.2 Å². The minimum Gasteiger partial charge on any atom is -0.497 e. The highest BCUT2D eigenvalue weighted by molar-refractivity contribution is 5.87. The Morgan fingerprint density at radius 3 is 2.25 bits per heavy atom. The first-order chi connectivity index (χ1) is 15.1. The van der Waals surface area contributed by atoms with Gasteiger partial charge in [0.2, 0.25) is 11.8 Å². The molecular formula is C26H36N2O4. The van der Waals surface area contributed by atoms with Crippen molar-refractivity contribution in [2.45, 2.75) is 65.6 Å². The third kappa shape index (κ3) is 7.91. The first-order valence-electron chi connectivity index (χ1n) is 11.0. The Hall–Kier alpha value is -3.02. The Morgan fingerprint density at radius 2 is 1.66 bits per heavy atom. The molecule has 0 radical (unpaired) electrons. The molecule has 32 heavy (non-hydrogen) atoms. The Labute approximate surface area is 191 Å². The van der Waals surface area contributed by atoms with Crippen LogP contribution in [0, 0.1) is 6.92 Å². The molecule has 2 aromatic carbocycles. The van der Waals surface area contributed by atoms with Crippen molar-refractivity contribution in [1.29, 1.82) is 0 Å². The number of hydrogen-bond acceptors (Lipinski definition) is 4. The van der Waals surface area contributed by atoms with Crippen LogP contribution < -0.4 is 14.8 Å². The third-order valence-electron chi connectivity index (χ3n) is 5.13. The third-order valence-corrected chi connectivity index (χ3v) is 5.13. The summed E-state index contributed by atoms with van der Waals surface area (Å²) in [5.74, 6) is 1.27. The second-order valence-corrected chi connectivity index (χ2v) is 8.99. The Kier molecular flexibility index (Phi) is 9.12. The second-order valence-electron chi connectivity index (χ2n) is 8.99. The molecule has 1 N–H and O–H groups in total. The zero-order valence-electron chi connectivity index (χ0n) is 20.1. The molecule has 0 aromatic heterocycles. The average molecular weight is 441 g/mol. The minimum absolute atomic E-state index is 0.0665. The first-order valence-corrected chi connectivity index (χ1v) is 11.0. The summed E-state index contributed by atoms with van der Waals surface area (Å²) in [7, 11) is 1.62. The van der Waals surface area contributed by atoms with E-state index in [1.807, 2.05) is 76.2 Å². The van der Waals surface area contributed by atoms with Crippen molar-refractivity contribution in [3.63, 3.8) is 0 Å². The van der Waals surface area contributed by atoms with Gasteiger partial charge in [0.05, 0.1) is 13.7 Å². The molecule has 2 amide bonds. The van der Waals surface area contributed by atoms with E-state index in [2.05, 4.69) is 5.32 Å². The molecule has 0 saturated heterocycles. The number of amides is 2. The molecular weight excluding hydrogens is 404 g/mol. The van der Waals surface area contributed by atoms with E-state index in [1.54, 1.807) is 18.9 Å². The minimum atomic E-state index is -0.580. The van der Waals surface area contributed by atoms with Crippen LogP contribution in [0.2, 0.25) is 0 Å². The summed E-state index contributed by atoms with van der Waals surface area (Å²) in [5.41, 5.74) is 1.76. The number of benzene rings is 2. The number of hydrogen-bond donors (Lipinski definition) is 1. The van der Waals surface area contributed by atoms with E-state index in [0.29, 0.717) is 26.0 Å². The van der Waals surface area contributed by atoms with Crippen LogP contribution in [0.1, 0.15) is 51.7 Å². The molecule has 0 aliphatic carbocycles. The van der Waals surface area contributed by atoms with Gasteiger partial charge >= 0.3 is 0 Å². The van der Waals surface area contributed by atoms with Crippen LogP contribution in [-0.2, 0) is 16.1 Å². The van der Waals surface area contributed by atoms with Crippen molar-refractivity contribution >= 4 is 11.8 Å². The molecule has 2 rings (SSSR count). The Balaban J connectivity index is 2.02. The fraction of sp³-hybridized carbons (Fsp3) is 0.462. The predicted molar refractivity (Wildman–Crippen MR) is 127 cm³/mol. The quantitative estimate of drug-likeness (QED) is 0.553. The van der Waals surface area contributed by atoms with Crippen LogP contribution >= 0.6 is 0 Å². The lowest BCUT2D eigenvalue weighted by molar-refractivity contribution is -0.141. The zero-order valence-corrected chi connectivity index (χ0v) is 20.1. The van der Waals surface area contributed by atoms with Crippen LogP contribution in [0.4, 0.5) is 0 Å². The Morgan fingerprint density at radius 1 is 1.03 bits per heavy atom. The highest BCUT2D eigenvalue weighted by atomic mass is 16.5. The molecule has 174 valence electrons. The SMILES string of the molecule is COc1ccc(OCCCC(=O)N(Cc2ccccc2C)[C@@H](C)C(=O)NC(C)(C)C)cc1. The van der Waals surface area contributed by atoms with Gasteiger partial charge in [0.1, 0.15) is 17.5 Å². The normalized spacial score (nSPS) is 12.1. The maximum Gasteiger partial charge on any atom is 0.242 e. The summed E-state index contributed by atoms with van der Waals surface area (Å²) in [6.45, 7) is 10.4. The number of rotatable bonds is 10. The number of nitrogens with zero attached hydrogens (tertiary/aromatic N) is 1. The smallest absolute Gasteiger partial charge is 0.242 e. The van der Waals surface area contributed by atoms with Crippen LogP contribution in [0.15, 0.2) is 48.5 Å². The summed E-state index contributed by atoms with van der Waals surface area (Å²) < 4.78 is 10.9. The molecule has 0 saturated carbocycles. The van der Waals surface area contributed by atoms with E-state index in [4.69, 9.17) is 9.47 Å². The number of carbonyl (C=O) groups is 2. The molecule has 0 aliphatic heterocycles. The fourth-order valence-corrected chi connectivity index (χ4v) is 3.26. The lowest BCUT2D eigenvalue weighted by Gasteiger charge is -2.32. The summed E-state index contributed by atoms with van der Waals surface area (Å²) in [5, 5.41) is 2.98. The van der Waals surface area contributed by atoms with Gasteiger partial charge in [-0.15, -0.1) is 0 Å². The van der Waals surface area contributed by atoms with E-state index in [0.717, 1.165) is 22.6 Å². The summed E-state index contributed by atoms with van der Waals surface area (Å²) in [6, 6.07) is 14.7. The molecule has 2 aromatic rings.